The molecule has 1 aliphatic rings. The molecule has 1 atom stereocenters. The second-order valence-corrected chi connectivity index (χ2v) is 1.93. The van der Waals surface area contributed by atoms with Crippen molar-refractivity contribution in [1.29, 1.82) is 0 Å². The minimum atomic E-state index is 1.00. The zero-order valence-corrected chi connectivity index (χ0v) is 6.93. The van der Waals surface area contributed by atoms with Gasteiger partial charge in [0.2, 0.25) is 0 Å². The molecule has 50 valence electrons. The van der Waals surface area contributed by atoms with Crippen LogP contribution in [0, 0.1) is 5.92 Å². The van der Waals surface area contributed by atoms with E-state index < -0.39 is 0 Å². The number of hydrogen-bond acceptors (Lipinski definition) is 1. The van der Waals surface area contributed by atoms with Crippen molar-refractivity contribution in [1.82, 2.24) is 5.32 Å². The fourth-order valence-electron chi connectivity index (χ4n) is 0.637. The SMILES string of the molecule is CCC1CNC1.CP. The Morgan fingerprint density at radius 2 is 2.00 bits per heavy atom. The highest BCUT2D eigenvalue weighted by Crippen LogP contribution is 2.05. The molecule has 0 aromatic heterocycles. The molecule has 0 aromatic rings. The van der Waals surface area contributed by atoms with Crippen molar-refractivity contribution in [3.05, 3.63) is 0 Å². The van der Waals surface area contributed by atoms with E-state index in [9.17, 15) is 0 Å². The van der Waals surface area contributed by atoms with Gasteiger partial charge in [-0.05, 0) is 19.0 Å². The van der Waals surface area contributed by atoms with Crippen LogP contribution >= 0.6 is 9.24 Å². The molecule has 0 aliphatic carbocycles. The van der Waals surface area contributed by atoms with Gasteiger partial charge in [-0.1, -0.05) is 20.0 Å². The first-order valence-corrected chi connectivity index (χ1v) is 4.37. The largest absolute Gasteiger partial charge is 0.316 e. The number of hydrogen-bond donors (Lipinski definition) is 1. The van der Waals surface area contributed by atoms with Crippen LogP contribution in [0.15, 0.2) is 0 Å². The lowest BCUT2D eigenvalue weighted by Crippen LogP contribution is -2.41. The second kappa shape index (κ2) is 5.53. The Labute approximate surface area is 54.4 Å². The molecule has 1 N–H and O–H groups in total. The molecule has 1 rings (SSSR count). The van der Waals surface area contributed by atoms with Gasteiger partial charge in [-0.3, -0.25) is 0 Å². The highest BCUT2D eigenvalue weighted by Gasteiger charge is 2.12. The van der Waals surface area contributed by atoms with Crippen molar-refractivity contribution >= 4 is 9.24 Å². The Bertz CT molecular complexity index is 41.0. The van der Waals surface area contributed by atoms with Crippen molar-refractivity contribution in [2.24, 2.45) is 5.92 Å². The van der Waals surface area contributed by atoms with E-state index in [4.69, 9.17) is 0 Å². The smallest absolute Gasteiger partial charge is 0.000836 e. The fraction of sp³-hybridized carbons (Fsp3) is 1.00. The van der Waals surface area contributed by atoms with E-state index in [1.54, 1.807) is 0 Å². The molecule has 1 heterocycles. The molecule has 1 nitrogen and oxygen atoms in total. The second-order valence-electron chi connectivity index (χ2n) is 1.93. The van der Waals surface area contributed by atoms with E-state index in [1.165, 1.54) is 19.5 Å². The van der Waals surface area contributed by atoms with Crippen molar-refractivity contribution in [2.45, 2.75) is 13.3 Å². The van der Waals surface area contributed by atoms with Gasteiger partial charge in [0.1, 0.15) is 0 Å². The molecule has 8 heavy (non-hydrogen) atoms. The Kier molecular flexibility index (Phi) is 5.79. The van der Waals surface area contributed by atoms with Gasteiger partial charge in [-0.25, -0.2) is 0 Å². The summed E-state index contributed by atoms with van der Waals surface area (Å²) in [6.45, 7) is 6.68. The summed E-state index contributed by atoms with van der Waals surface area (Å²) in [6, 6.07) is 0. The van der Waals surface area contributed by atoms with Crippen LogP contribution in [0.1, 0.15) is 13.3 Å². The predicted molar refractivity (Wildman–Crippen MR) is 42.3 cm³/mol. The molecule has 1 aliphatic heterocycles. The highest BCUT2D eigenvalue weighted by atomic mass is 31.0. The van der Waals surface area contributed by atoms with Gasteiger partial charge in [-0.2, -0.15) is 0 Å². The van der Waals surface area contributed by atoms with E-state index in [0.29, 0.717) is 0 Å². The Morgan fingerprint density at radius 1 is 1.50 bits per heavy atom. The monoisotopic (exact) mass is 133 g/mol. The first-order valence-electron chi connectivity index (χ1n) is 3.22. The van der Waals surface area contributed by atoms with Crippen LogP contribution in [0.4, 0.5) is 0 Å². The van der Waals surface area contributed by atoms with Crippen LogP contribution in [0.25, 0.3) is 0 Å². The first kappa shape index (κ1) is 8.39. The van der Waals surface area contributed by atoms with Gasteiger partial charge in [0.25, 0.3) is 0 Å². The molecular weight excluding hydrogens is 117 g/mol. The standard InChI is InChI=1S/C5H11N.CH5P/c1-2-5-3-6-4-5;1-2/h5-6H,2-4H2,1H3;2H2,1H3. The molecule has 0 bridgehead atoms. The third-order valence-corrected chi connectivity index (χ3v) is 1.44. The van der Waals surface area contributed by atoms with E-state index >= 15 is 0 Å². The molecule has 2 heteroatoms. The fourth-order valence-corrected chi connectivity index (χ4v) is 0.637. The molecule has 0 saturated carbocycles. The van der Waals surface area contributed by atoms with Crippen molar-refractivity contribution in [3.8, 4) is 0 Å². The quantitative estimate of drug-likeness (QED) is 0.528. The summed E-state index contributed by atoms with van der Waals surface area (Å²) in [6.07, 6.45) is 1.35. The molecule has 0 radical (unpaired) electrons. The van der Waals surface area contributed by atoms with E-state index in [0.717, 1.165) is 5.92 Å². The molecular formula is C6H16NP. The zero-order valence-electron chi connectivity index (χ0n) is 5.78. The van der Waals surface area contributed by atoms with Gasteiger partial charge >= 0.3 is 0 Å². The summed E-state index contributed by atoms with van der Waals surface area (Å²) in [5, 5.41) is 3.21. The predicted octanol–water partition coefficient (Wildman–Crippen LogP) is 1.11. The molecule has 1 unspecified atom stereocenters. The molecule has 1 fully saturated rings. The maximum absolute atomic E-state index is 3.21. The first-order chi connectivity index (χ1) is 3.93. The van der Waals surface area contributed by atoms with Crippen molar-refractivity contribution in [2.75, 3.05) is 19.8 Å². The summed E-state index contributed by atoms with van der Waals surface area (Å²) in [5.74, 6) is 1.00. The number of nitrogens with one attached hydrogen (secondary N) is 1. The van der Waals surface area contributed by atoms with Gasteiger partial charge in [-0.15, -0.1) is 9.24 Å². The van der Waals surface area contributed by atoms with Crippen LogP contribution in [0.3, 0.4) is 0 Å². The van der Waals surface area contributed by atoms with Crippen LogP contribution in [0.5, 0.6) is 0 Å². The summed E-state index contributed by atoms with van der Waals surface area (Å²) in [5.41, 5.74) is 0. The van der Waals surface area contributed by atoms with Crippen molar-refractivity contribution < 1.29 is 0 Å². The maximum Gasteiger partial charge on any atom is -0.000836 e. The lowest BCUT2D eigenvalue weighted by molar-refractivity contribution is 0.339. The summed E-state index contributed by atoms with van der Waals surface area (Å²) >= 11 is 0. The van der Waals surface area contributed by atoms with Gasteiger partial charge in [0.05, 0.1) is 0 Å². The lowest BCUT2D eigenvalue weighted by atomic mass is 10.0. The minimum absolute atomic E-state index is 1.00. The topological polar surface area (TPSA) is 12.0 Å². The maximum atomic E-state index is 3.21. The molecule has 0 spiro atoms. The summed E-state index contributed by atoms with van der Waals surface area (Å²) in [4.78, 5) is 0. The van der Waals surface area contributed by atoms with Gasteiger partial charge in [0, 0.05) is 0 Å². The normalized spacial score (nSPS) is 18.4. The van der Waals surface area contributed by atoms with E-state index in [1.807, 2.05) is 6.66 Å². The van der Waals surface area contributed by atoms with E-state index in [-0.39, 0.29) is 0 Å². The third-order valence-electron chi connectivity index (χ3n) is 1.44. The third kappa shape index (κ3) is 2.64. The van der Waals surface area contributed by atoms with Crippen LogP contribution < -0.4 is 5.32 Å². The summed E-state index contributed by atoms with van der Waals surface area (Å²) < 4.78 is 0. The van der Waals surface area contributed by atoms with Crippen molar-refractivity contribution in [3.63, 3.8) is 0 Å². The molecule has 0 amide bonds. The molecule has 1 saturated heterocycles. The van der Waals surface area contributed by atoms with Crippen LogP contribution in [-0.4, -0.2) is 19.8 Å². The Balaban J connectivity index is 0.000000222. The Hall–Kier alpha value is 0.390. The Morgan fingerprint density at radius 3 is 2.00 bits per heavy atom. The number of rotatable bonds is 1. The highest BCUT2D eigenvalue weighted by molar-refractivity contribution is 7.15. The average Bonchev–Trinajstić information content (AvgIpc) is 1.69. The van der Waals surface area contributed by atoms with Gasteiger partial charge in [0.15, 0.2) is 0 Å². The molecule has 0 aromatic carbocycles. The van der Waals surface area contributed by atoms with Crippen LogP contribution in [-0.2, 0) is 0 Å². The van der Waals surface area contributed by atoms with Gasteiger partial charge < -0.3 is 5.32 Å². The zero-order chi connectivity index (χ0) is 6.41. The average molecular weight is 133 g/mol. The van der Waals surface area contributed by atoms with Crippen LogP contribution in [0.2, 0.25) is 0 Å². The summed E-state index contributed by atoms with van der Waals surface area (Å²) in [7, 11) is 2.42. The minimum Gasteiger partial charge on any atom is -0.316 e. The lowest BCUT2D eigenvalue weighted by Gasteiger charge is -2.25. The van der Waals surface area contributed by atoms with E-state index in [2.05, 4.69) is 21.5 Å².